The number of carbonyl (C=O) groups is 1. The molecule has 0 saturated heterocycles. The molecular weight excluding hydrogens is 336 g/mol. The van der Waals surface area contributed by atoms with E-state index in [1.165, 1.54) is 5.56 Å². The average Bonchev–Trinajstić information content (AvgIpc) is 2.67. The van der Waals surface area contributed by atoms with Gasteiger partial charge in [0.15, 0.2) is 0 Å². The largest absolute Gasteiger partial charge is 0.492 e. The molecule has 0 radical (unpaired) electrons. The lowest BCUT2D eigenvalue weighted by Crippen LogP contribution is -2.15. The lowest BCUT2D eigenvalue weighted by atomic mass is 10.1. The number of para-hydroxylation sites is 3. The maximum Gasteiger partial charge on any atom is 0.257 e. The Balaban J connectivity index is 1.87. The van der Waals surface area contributed by atoms with Crippen LogP contribution < -0.4 is 15.4 Å². The van der Waals surface area contributed by atoms with E-state index in [1.807, 2.05) is 67.6 Å². The Morgan fingerprint density at radius 3 is 2.30 bits per heavy atom. The van der Waals surface area contributed by atoms with Gasteiger partial charge in [-0.25, -0.2) is 0 Å². The third-order valence-electron chi connectivity index (χ3n) is 4.48. The molecule has 0 aliphatic rings. The summed E-state index contributed by atoms with van der Waals surface area (Å²) < 4.78 is 5.60. The van der Waals surface area contributed by atoms with Crippen molar-refractivity contribution in [2.75, 3.05) is 17.2 Å². The van der Waals surface area contributed by atoms with Gasteiger partial charge in [-0.3, -0.25) is 4.79 Å². The van der Waals surface area contributed by atoms with Crippen molar-refractivity contribution in [3.8, 4) is 5.75 Å². The molecule has 3 aromatic carbocycles. The van der Waals surface area contributed by atoms with E-state index in [1.54, 1.807) is 0 Å². The Morgan fingerprint density at radius 2 is 1.52 bits per heavy atom. The van der Waals surface area contributed by atoms with Crippen LogP contribution in [0.1, 0.15) is 28.4 Å². The molecule has 0 heterocycles. The fourth-order valence-electron chi connectivity index (χ4n) is 2.86. The molecule has 0 spiro atoms. The van der Waals surface area contributed by atoms with Crippen LogP contribution in [0.4, 0.5) is 17.1 Å². The van der Waals surface area contributed by atoms with Crippen molar-refractivity contribution < 1.29 is 9.53 Å². The van der Waals surface area contributed by atoms with E-state index >= 15 is 0 Å². The minimum Gasteiger partial charge on any atom is -0.492 e. The monoisotopic (exact) mass is 360 g/mol. The van der Waals surface area contributed by atoms with Crippen molar-refractivity contribution in [3.63, 3.8) is 0 Å². The smallest absolute Gasteiger partial charge is 0.257 e. The number of amides is 1. The average molecular weight is 360 g/mol. The molecule has 0 aromatic heterocycles. The molecule has 0 bridgehead atoms. The molecular formula is C23H24N2O2. The number of anilines is 3. The van der Waals surface area contributed by atoms with Crippen molar-refractivity contribution in [1.82, 2.24) is 0 Å². The Hall–Kier alpha value is -3.27. The summed E-state index contributed by atoms with van der Waals surface area (Å²) in [5, 5.41) is 6.36. The quantitative estimate of drug-likeness (QED) is 0.593. The van der Waals surface area contributed by atoms with Crippen molar-refractivity contribution in [3.05, 3.63) is 83.4 Å². The van der Waals surface area contributed by atoms with Crippen LogP contribution in [0.5, 0.6) is 5.75 Å². The van der Waals surface area contributed by atoms with Gasteiger partial charge in [0, 0.05) is 5.69 Å². The molecule has 4 heteroatoms. The van der Waals surface area contributed by atoms with Crippen LogP contribution in [0.25, 0.3) is 0 Å². The van der Waals surface area contributed by atoms with Crippen molar-refractivity contribution in [2.24, 2.45) is 0 Å². The standard InChI is InChI=1S/C23H24N2O2/c1-4-27-22-15-8-7-13-21(22)25-23(26)18-11-5-6-12-20(18)24-19-14-9-10-16(2)17(19)3/h5-15,24H,4H2,1-3H3,(H,25,26). The van der Waals surface area contributed by atoms with Gasteiger partial charge in [-0.05, 0) is 62.2 Å². The number of aryl methyl sites for hydroxylation is 1. The van der Waals surface area contributed by atoms with E-state index in [9.17, 15) is 4.79 Å². The Morgan fingerprint density at radius 1 is 0.852 bits per heavy atom. The number of hydrogen-bond acceptors (Lipinski definition) is 3. The third kappa shape index (κ3) is 4.29. The highest BCUT2D eigenvalue weighted by Crippen LogP contribution is 2.28. The second-order valence-electron chi connectivity index (χ2n) is 6.30. The highest BCUT2D eigenvalue weighted by Gasteiger charge is 2.14. The molecule has 0 fully saturated rings. The van der Waals surface area contributed by atoms with Gasteiger partial charge in [0.2, 0.25) is 0 Å². The lowest BCUT2D eigenvalue weighted by molar-refractivity contribution is 0.102. The molecule has 1 amide bonds. The first kappa shape index (κ1) is 18.5. The Bertz CT molecular complexity index is 951. The molecule has 2 N–H and O–H groups in total. The molecule has 0 aliphatic carbocycles. The number of ether oxygens (including phenoxy) is 1. The number of rotatable bonds is 6. The van der Waals surface area contributed by atoms with Gasteiger partial charge in [0.05, 0.1) is 23.5 Å². The Labute approximate surface area is 160 Å². The van der Waals surface area contributed by atoms with Crippen LogP contribution in [0.2, 0.25) is 0 Å². The second kappa shape index (κ2) is 8.41. The maximum atomic E-state index is 12.9. The van der Waals surface area contributed by atoms with Gasteiger partial charge < -0.3 is 15.4 Å². The first-order chi connectivity index (χ1) is 13.1. The highest BCUT2D eigenvalue weighted by molar-refractivity contribution is 6.09. The van der Waals surface area contributed by atoms with Gasteiger partial charge in [-0.15, -0.1) is 0 Å². The number of nitrogens with one attached hydrogen (secondary N) is 2. The van der Waals surface area contributed by atoms with Crippen LogP contribution in [0.3, 0.4) is 0 Å². The fraction of sp³-hybridized carbons (Fsp3) is 0.174. The van der Waals surface area contributed by atoms with E-state index in [4.69, 9.17) is 4.74 Å². The molecule has 27 heavy (non-hydrogen) atoms. The summed E-state index contributed by atoms with van der Waals surface area (Å²) in [6, 6.07) is 21.0. The summed E-state index contributed by atoms with van der Waals surface area (Å²) in [6.07, 6.45) is 0. The third-order valence-corrected chi connectivity index (χ3v) is 4.48. The second-order valence-corrected chi connectivity index (χ2v) is 6.30. The van der Waals surface area contributed by atoms with Crippen LogP contribution in [0.15, 0.2) is 66.7 Å². The van der Waals surface area contributed by atoms with Crippen LogP contribution in [0, 0.1) is 13.8 Å². The number of carbonyl (C=O) groups excluding carboxylic acids is 1. The van der Waals surface area contributed by atoms with E-state index in [0.717, 1.165) is 16.9 Å². The van der Waals surface area contributed by atoms with Gasteiger partial charge in [0.25, 0.3) is 5.91 Å². The first-order valence-corrected chi connectivity index (χ1v) is 9.05. The number of hydrogen-bond donors (Lipinski definition) is 2. The predicted octanol–water partition coefficient (Wildman–Crippen LogP) is 5.70. The number of benzene rings is 3. The normalized spacial score (nSPS) is 10.3. The zero-order chi connectivity index (χ0) is 19.2. The molecule has 0 atom stereocenters. The van der Waals surface area contributed by atoms with Crippen molar-refractivity contribution >= 4 is 23.0 Å². The molecule has 0 saturated carbocycles. The zero-order valence-electron chi connectivity index (χ0n) is 15.9. The molecule has 3 rings (SSSR count). The predicted molar refractivity (Wildman–Crippen MR) is 111 cm³/mol. The summed E-state index contributed by atoms with van der Waals surface area (Å²) in [6.45, 7) is 6.60. The van der Waals surface area contributed by atoms with E-state index < -0.39 is 0 Å². The lowest BCUT2D eigenvalue weighted by Gasteiger charge is -2.16. The molecule has 138 valence electrons. The molecule has 0 unspecified atom stereocenters. The molecule has 3 aromatic rings. The maximum absolute atomic E-state index is 12.9. The summed E-state index contributed by atoms with van der Waals surface area (Å²) in [4.78, 5) is 12.9. The topological polar surface area (TPSA) is 50.4 Å². The minimum absolute atomic E-state index is 0.185. The molecule has 4 nitrogen and oxygen atoms in total. The van der Waals surface area contributed by atoms with Gasteiger partial charge in [-0.1, -0.05) is 36.4 Å². The van der Waals surface area contributed by atoms with E-state index in [0.29, 0.717) is 23.6 Å². The Kier molecular flexibility index (Phi) is 5.77. The summed E-state index contributed by atoms with van der Waals surface area (Å²) in [5.74, 6) is 0.476. The van der Waals surface area contributed by atoms with Gasteiger partial charge >= 0.3 is 0 Å². The summed E-state index contributed by atoms with van der Waals surface area (Å²) in [5.41, 5.74) is 5.35. The zero-order valence-corrected chi connectivity index (χ0v) is 15.9. The minimum atomic E-state index is -0.185. The van der Waals surface area contributed by atoms with Crippen LogP contribution >= 0.6 is 0 Å². The first-order valence-electron chi connectivity index (χ1n) is 9.05. The van der Waals surface area contributed by atoms with Gasteiger partial charge in [0.1, 0.15) is 5.75 Å². The highest BCUT2D eigenvalue weighted by atomic mass is 16.5. The summed E-state index contributed by atoms with van der Waals surface area (Å²) >= 11 is 0. The van der Waals surface area contributed by atoms with Crippen LogP contribution in [-0.2, 0) is 0 Å². The van der Waals surface area contributed by atoms with Gasteiger partial charge in [-0.2, -0.15) is 0 Å². The molecule has 0 aliphatic heterocycles. The van der Waals surface area contributed by atoms with Crippen LogP contribution in [-0.4, -0.2) is 12.5 Å². The SMILES string of the molecule is CCOc1ccccc1NC(=O)c1ccccc1Nc1cccc(C)c1C. The van der Waals surface area contributed by atoms with E-state index in [2.05, 4.69) is 30.5 Å². The van der Waals surface area contributed by atoms with Crippen molar-refractivity contribution in [1.29, 1.82) is 0 Å². The fourth-order valence-corrected chi connectivity index (χ4v) is 2.86. The van der Waals surface area contributed by atoms with Crippen molar-refractivity contribution in [2.45, 2.75) is 20.8 Å². The summed E-state index contributed by atoms with van der Waals surface area (Å²) in [7, 11) is 0. The van der Waals surface area contributed by atoms with E-state index in [-0.39, 0.29) is 5.91 Å².